The van der Waals surface area contributed by atoms with Crippen LogP contribution in [0.2, 0.25) is 0 Å². The number of carbonyl (C=O) groups is 3. The minimum absolute atomic E-state index is 0.117. The van der Waals surface area contributed by atoms with Gasteiger partial charge in [0.1, 0.15) is 0 Å². The molecular weight excluding hydrogens is 344 g/mol. The predicted molar refractivity (Wildman–Crippen MR) is 102 cm³/mol. The maximum Gasteiger partial charge on any atom is 0.310 e. The highest BCUT2D eigenvalue weighted by atomic mass is 16.5. The van der Waals surface area contributed by atoms with Crippen molar-refractivity contribution in [3.63, 3.8) is 0 Å². The highest BCUT2D eigenvalue weighted by molar-refractivity contribution is 6.05. The summed E-state index contributed by atoms with van der Waals surface area (Å²) in [5.74, 6) is -0.964. The minimum Gasteiger partial charge on any atom is -0.455 e. The van der Waals surface area contributed by atoms with E-state index in [4.69, 9.17) is 4.74 Å². The molecule has 0 radical (unpaired) electrons. The van der Waals surface area contributed by atoms with Crippen molar-refractivity contribution in [2.24, 2.45) is 0 Å². The number of anilines is 2. The van der Waals surface area contributed by atoms with Gasteiger partial charge in [-0.05, 0) is 37.1 Å². The molecule has 0 saturated heterocycles. The molecule has 0 spiro atoms. The SMILES string of the molecule is Cc1ccccc1CC(=O)OCC(=O)N1c2ccccc2NC(=O)C[C@@H]1C. The fourth-order valence-electron chi connectivity index (χ4n) is 3.19. The molecule has 6 heteroatoms. The van der Waals surface area contributed by atoms with Gasteiger partial charge in [0, 0.05) is 12.5 Å². The van der Waals surface area contributed by atoms with Crippen LogP contribution in [0.3, 0.4) is 0 Å². The zero-order valence-electron chi connectivity index (χ0n) is 15.4. The van der Waals surface area contributed by atoms with Crippen molar-refractivity contribution in [3.8, 4) is 0 Å². The Kier molecular flexibility index (Phi) is 5.54. The molecular formula is C21H22N2O4. The molecule has 0 fully saturated rings. The van der Waals surface area contributed by atoms with Gasteiger partial charge in [0.15, 0.2) is 6.61 Å². The fourth-order valence-corrected chi connectivity index (χ4v) is 3.19. The summed E-state index contributed by atoms with van der Waals surface area (Å²) in [6.45, 7) is 3.36. The van der Waals surface area contributed by atoms with Crippen LogP contribution in [-0.2, 0) is 25.5 Å². The Hall–Kier alpha value is -3.15. The second-order valence-corrected chi connectivity index (χ2v) is 6.65. The van der Waals surface area contributed by atoms with Gasteiger partial charge in [-0.3, -0.25) is 14.4 Å². The van der Waals surface area contributed by atoms with E-state index in [1.165, 1.54) is 4.90 Å². The first kappa shape index (κ1) is 18.6. The number of nitrogens with one attached hydrogen (secondary N) is 1. The van der Waals surface area contributed by atoms with Crippen LogP contribution in [-0.4, -0.2) is 30.4 Å². The Bertz CT molecular complexity index is 878. The summed E-state index contributed by atoms with van der Waals surface area (Å²) in [6.07, 6.45) is 0.295. The third kappa shape index (κ3) is 4.34. The van der Waals surface area contributed by atoms with Gasteiger partial charge >= 0.3 is 5.97 Å². The Balaban J connectivity index is 1.69. The van der Waals surface area contributed by atoms with Gasteiger partial charge in [-0.2, -0.15) is 0 Å². The molecule has 1 aliphatic rings. The number of ether oxygens (including phenoxy) is 1. The average molecular weight is 366 g/mol. The number of fused-ring (bicyclic) bond motifs is 1. The molecule has 0 unspecified atom stereocenters. The molecule has 0 aliphatic carbocycles. The number of carbonyl (C=O) groups excluding carboxylic acids is 3. The number of nitrogens with zero attached hydrogens (tertiary/aromatic N) is 1. The Morgan fingerprint density at radius 2 is 1.85 bits per heavy atom. The van der Waals surface area contributed by atoms with E-state index in [0.717, 1.165) is 11.1 Å². The van der Waals surface area contributed by atoms with Gasteiger partial charge in [0.05, 0.1) is 17.8 Å². The number of rotatable bonds is 4. The molecule has 27 heavy (non-hydrogen) atoms. The van der Waals surface area contributed by atoms with Gasteiger partial charge in [0.2, 0.25) is 5.91 Å². The third-order valence-electron chi connectivity index (χ3n) is 4.58. The van der Waals surface area contributed by atoms with Gasteiger partial charge in [0.25, 0.3) is 5.91 Å². The lowest BCUT2D eigenvalue weighted by molar-refractivity contribution is -0.147. The third-order valence-corrected chi connectivity index (χ3v) is 4.58. The number of para-hydroxylation sites is 2. The van der Waals surface area contributed by atoms with E-state index in [-0.39, 0.29) is 37.3 Å². The smallest absolute Gasteiger partial charge is 0.310 e. The summed E-state index contributed by atoms with van der Waals surface area (Å²) in [4.78, 5) is 38.4. The summed E-state index contributed by atoms with van der Waals surface area (Å²) in [5.41, 5.74) is 3.06. The van der Waals surface area contributed by atoms with E-state index in [1.807, 2.05) is 31.2 Å². The lowest BCUT2D eigenvalue weighted by Gasteiger charge is -2.27. The lowest BCUT2D eigenvalue weighted by atomic mass is 10.1. The maximum atomic E-state index is 12.8. The summed E-state index contributed by atoms with van der Waals surface area (Å²) in [5, 5.41) is 2.80. The van der Waals surface area contributed by atoms with Crippen molar-refractivity contribution < 1.29 is 19.1 Å². The van der Waals surface area contributed by atoms with Gasteiger partial charge < -0.3 is 15.0 Å². The first-order valence-electron chi connectivity index (χ1n) is 8.87. The zero-order chi connectivity index (χ0) is 19.4. The number of aryl methyl sites for hydroxylation is 1. The molecule has 0 saturated carbocycles. The van der Waals surface area contributed by atoms with Crippen molar-refractivity contribution in [2.45, 2.75) is 32.7 Å². The molecule has 1 N–H and O–H groups in total. The summed E-state index contributed by atoms with van der Waals surface area (Å²) in [7, 11) is 0. The van der Waals surface area contributed by atoms with Gasteiger partial charge in [-0.15, -0.1) is 0 Å². The van der Waals surface area contributed by atoms with Gasteiger partial charge in [-0.25, -0.2) is 0 Å². The van der Waals surface area contributed by atoms with E-state index < -0.39 is 5.97 Å². The normalized spacial score (nSPS) is 16.1. The second-order valence-electron chi connectivity index (χ2n) is 6.65. The standard InChI is InChI=1S/C21H22N2O4/c1-14-7-3-4-8-16(14)12-21(26)27-13-20(25)23-15(2)11-19(24)22-17-9-5-6-10-18(17)23/h3-10,15H,11-13H2,1-2H3,(H,22,24)/t15-/m0/s1. The molecule has 2 aromatic rings. The maximum absolute atomic E-state index is 12.8. The highest BCUT2D eigenvalue weighted by Crippen LogP contribution is 2.31. The first-order valence-corrected chi connectivity index (χ1v) is 8.87. The molecule has 140 valence electrons. The van der Waals surface area contributed by atoms with Crippen LogP contribution in [0.5, 0.6) is 0 Å². The summed E-state index contributed by atoms with van der Waals surface area (Å²) in [6, 6.07) is 14.3. The lowest BCUT2D eigenvalue weighted by Crippen LogP contribution is -2.41. The van der Waals surface area contributed by atoms with E-state index in [2.05, 4.69) is 5.32 Å². The zero-order valence-corrected chi connectivity index (χ0v) is 15.4. The average Bonchev–Trinajstić information content (AvgIpc) is 2.76. The number of hydrogen-bond acceptors (Lipinski definition) is 4. The second kappa shape index (κ2) is 8.03. The molecule has 1 aliphatic heterocycles. The molecule has 0 aromatic heterocycles. The quantitative estimate of drug-likeness (QED) is 0.845. The van der Waals surface area contributed by atoms with Crippen LogP contribution < -0.4 is 10.2 Å². The molecule has 0 bridgehead atoms. The van der Waals surface area contributed by atoms with Crippen LogP contribution in [0.1, 0.15) is 24.5 Å². The first-order chi connectivity index (χ1) is 13.0. The van der Waals surface area contributed by atoms with Crippen LogP contribution >= 0.6 is 0 Å². The monoisotopic (exact) mass is 366 g/mol. The topological polar surface area (TPSA) is 75.7 Å². The Morgan fingerprint density at radius 3 is 2.63 bits per heavy atom. The van der Waals surface area contributed by atoms with E-state index in [9.17, 15) is 14.4 Å². The van der Waals surface area contributed by atoms with E-state index in [1.54, 1.807) is 31.2 Å². The Labute approximate surface area is 158 Å². The molecule has 2 aromatic carbocycles. The van der Waals surface area contributed by atoms with E-state index >= 15 is 0 Å². The van der Waals surface area contributed by atoms with Crippen molar-refractivity contribution in [1.82, 2.24) is 0 Å². The van der Waals surface area contributed by atoms with E-state index in [0.29, 0.717) is 11.4 Å². The number of amides is 2. The molecule has 1 atom stereocenters. The number of benzene rings is 2. The number of esters is 1. The molecule has 6 nitrogen and oxygen atoms in total. The molecule has 2 amide bonds. The fraction of sp³-hybridized carbons (Fsp3) is 0.286. The predicted octanol–water partition coefficient (Wildman–Crippen LogP) is 2.84. The van der Waals surface area contributed by atoms with Gasteiger partial charge in [-0.1, -0.05) is 36.4 Å². The van der Waals surface area contributed by atoms with Crippen molar-refractivity contribution in [1.29, 1.82) is 0 Å². The van der Waals surface area contributed by atoms with Crippen molar-refractivity contribution >= 4 is 29.2 Å². The van der Waals surface area contributed by atoms with Crippen LogP contribution in [0.25, 0.3) is 0 Å². The minimum atomic E-state index is -0.456. The van der Waals surface area contributed by atoms with Crippen LogP contribution in [0.15, 0.2) is 48.5 Å². The Morgan fingerprint density at radius 1 is 1.15 bits per heavy atom. The molecule has 1 heterocycles. The van der Waals surface area contributed by atoms with Crippen molar-refractivity contribution in [3.05, 3.63) is 59.7 Å². The highest BCUT2D eigenvalue weighted by Gasteiger charge is 2.30. The van der Waals surface area contributed by atoms with Crippen LogP contribution in [0.4, 0.5) is 11.4 Å². The number of hydrogen-bond donors (Lipinski definition) is 1. The largest absolute Gasteiger partial charge is 0.455 e. The summed E-state index contributed by atoms with van der Waals surface area (Å²) < 4.78 is 5.21. The molecule has 3 rings (SSSR count). The van der Waals surface area contributed by atoms with Crippen LogP contribution in [0, 0.1) is 6.92 Å². The van der Waals surface area contributed by atoms with Crippen molar-refractivity contribution in [2.75, 3.05) is 16.8 Å². The summed E-state index contributed by atoms with van der Waals surface area (Å²) >= 11 is 0.